The largest absolute Gasteiger partial charge is 0.265 e. The van der Waals surface area contributed by atoms with Crippen LogP contribution in [0.2, 0.25) is 0 Å². The maximum atomic E-state index is 4.26. The third-order valence-electron chi connectivity index (χ3n) is 4.92. The molecule has 2 aromatic heterocycles. The molecule has 4 aromatic rings. The van der Waals surface area contributed by atoms with E-state index in [9.17, 15) is 0 Å². The maximum Gasteiger partial charge on any atom is 0.179 e. The molecule has 0 radical (unpaired) electrons. The summed E-state index contributed by atoms with van der Waals surface area (Å²) in [6.07, 6.45) is 7.59. The Bertz CT molecular complexity index is 872. The number of rotatable bonds is 4. The summed E-state index contributed by atoms with van der Waals surface area (Å²) in [5.41, 5.74) is 1.27. The maximum absolute atomic E-state index is 4.26. The first kappa shape index (κ1) is 16.4. The predicted molar refractivity (Wildman–Crippen MR) is 110 cm³/mol. The van der Waals surface area contributed by atoms with Crippen LogP contribution in [0.4, 0.5) is 0 Å². The van der Waals surface area contributed by atoms with E-state index in [1.54, 1.807) is 0 Å². The highest BCUT2D eigenvalue weighted by Gasteiger charge is 2.41. The lowest BCUT2D eigenvalue weighted by atomic mass is 10.2. The van der Waals surface area contributed by atoms with E-state index in [1.807, 2.05) is 24.8 Å². The normalized spacial score (nSPS) is 11.3. The van der Waals surface area contributed by atoms with Gasteiger partial charge in [0.1, 0.15) is 0 Å². The summed E-state index contributed by atoms with van der Waals surface area (Å²) in [4.78, 5) is 8.53. The first-order chi connectivity index (χ1) is 12.8. The van der Waals surface area contributed by atoms with Crippen molar-refractivity contribution in [2.45, 2.75) is 6.92 Å². The van der Waals surface area contributed by atoms with Crippen molar-refractivity contribution in [2.24, 2.45) is 0 Å². The van der Waals surface area contributed by atoms with E-state index in [4.69, 9.17) is 0 Å². The molecule has 0 aliphatic carbocycles. The van der Waals surface area contributed by atoms with Crippen LogP contribution < -0.4 is 20.7 Å². The number of hydrogen-bond donors (Lipinski definition) is 0. The summed E-state index contributed by atoms with van der Waals surface area (Å²) >= 11 is 0. The van der Waals surface area contributed by atoms with Gasteiger partial charge in [-0.25, -0.2) is 0 Å². The third kappa shape index (κ3) is 2.76. The minimum Gasteiger partial charge on any atom is -0.265 e. The Balaban J connectivity index is 2.12. The third-order valence-corrected chi connectivity index (χ3v) is 9.72. The zero-order valence-corrected chi connectivity index (χ0v) is 15.7. The van der Waals surface area contributed by atoms with Gasteiger partial charge in [-0.15, -0.1) is 0 Å². The van der Waals surface area contributed by atoms with Gasteiger partial charge < -0.3 is 0 Å². The molecule has 26 heavy (non-hydrogen) atoms. The first-order valence-corrected chi connectivity index (χ1v) is 10.8. The van der Waals surface area contributed by atoms with E-state index < -0.39 is 8.07 Å². The van der Waals surface area contributed by atoms with Crippen LogP contribution in [0.25, 0.3) is 0 Å². The lowest BCUT2D eigenvalue weighted by molar-refractivity contribution is 1.33. The molecule has 0 spiro atoms. The van der Waals surface area contributed by atoms with E-state index in [0.29, 0.717) is 0 Å². The van der Waals surface area contributed by atoms with Gasteiger partial charge >= 0.3 is 0 Å². The fourth-order valence-corrected chi connectivity index (χ4v) is 8.35. The summed E-state index contributed by atoms with van der Waals surface area (Å²) in [5, 5.41) is 5.38. The molecule has 126 valence electrons. The van der Waals surface area contributed by atoms with Crippen LogP contribution in [0.15, 0.2) is 104 Å². The van der Waals surface area contributed by atoms with Gasteiger partial charge in [0.05, 0.1) is 0 Å². The van der Waals surface area contributed by atoms with Gasteiger partial charge in [-0.05, 0) is 51.9 Å². The van der Waals surface area contributed by atoms with Crippen LogP contribution >= 0.6 is 0 Å². The molecule has 0 saturated carbocycles. The van der Waals surface area contributed by atoms with Crippen molar-refractivity contribution in [3.8, 4) is 0 Å². The number of nitrogens with zero attached hydrogens (tertiary/aromatic N) is 2. The van der Waals surface area contributed by atoms with Crippen LogP contribution in [-0.4, -0.2) is 18.0 Å². The van der Waals surface area contributed by atoms with Gasteiger partial charge in [-0.3, -0.25) is 9.97 Å². The number of benzene rings is 2. The monoisotopic (exact) mass is 352 g/mol. The van der Waals surface area contributed by atoms with E-state index >= 15 is 0 Å². The molecule has 3 heteroatoms. The van der Waals surface area contributed by atoms with E-state index in [0.717, 1.165) is 0 Å². The van der Waals surface area contributed by atoms with Crippen molar-refractivity contribution in [1.82, 2.24) is 9.97 Å². The molecule has 0 aliphatic heterocycles. The average Bonchev–Trinajstić information content (AvgIpc) is 2.72. The highest BCUT2D eigenvalue weighted by Crippen LogP contribution is 2.09. The van der Waals surface area contributed by atoms with Crippen molar-refractivity contribution in [3.63, 3.8) is 0 Å². The van der Waals surface area contributed by atoms with Gasteiger partial charge in [-0.2, -0.15) is 0 Å². The highest BCUT2D eigenvalue weighted by molar-refractivity contribution is 7.19. The number of aryl methyl sites for hydroxylation is 1. The summed E-state index contributed by atoms with van der Waals surface area (Å²) in [6, 6.07) is 28.5. The van der Waals surface area contributed by atoms with Crippen molar-refractivity contribution in [2.75, 3.05) is 0 Å². The summed E-state index contributed by atoms with van der Waals surface area (Å²) < 4.78 is 0. The number of aromatic nitrogens is 2. The molecule has 0 saturated heterocycles. The number of pyridine rings is 2. The van der Waals surface area contributed by atoms with Crippen LogP contribution in [0.3, 0.4) is 0 Å². The molecule has 0 fully saturated rings. The molecule has 0 atom stereocenters. The Hall–Kier alpha value is -3.04. The minimum absolute atomic E-state index is 1.27. The molecule has 4 rings (SSSR count). The van der Waals surface area contributed by atoms with Crippen molar-refractivity contribution < 1.29 is 0 Å². The van der Waals surface area contributed by atoms with E-state index in [1.165, 1.54) is 26.3 Å². The first-order valence-electron chi connectivity index (χ1n) is 8.75. The fourth-order valence-electron chi connectivity index (χ4n) is 3.70. The Labute approximate surface area is 155 Å². The standard InChI is InChI=1S/C23H20N2Si/c1-19-7-9-21(10-8-19)26(20-5-3-2-4-6-20,22-11-15-24-16-12-22)23-13-17-25-18-14-23/h2-18H,1H3. The lowest BCUT2D eigenvalue weighted by Gasteiger charge is -2.34. The molecule has 2 nitrogen and oxygen atoms in total. The van der Waals surface area contributed by atoms with Crippen LogP contribution in [0, 0.1) is 6.92 Å². The Morgan fingerprint density at radius 3 is 1.42 bits per heavy atom. The Morgan fingerprint density at radius 1 is 0.500 bits per heavy atom. The van der Waals surface area contributed by atoms with Crippen LogP contribution in [0.5, 0.6) is 0 Å². The second-order valence-corrected chi connectivity index (χ2v) is 10.3. The molecule has 0 bridgehead atoms. The molecule has 2 aromatic carbocycles. The van der Waals surface area contributed by atoms with Crippen molar-refractivity contribution in [1.29, 1.82) is 0 Å². The zero-order chi connectivity index (χ0) is 17.8. The smallest absolute Gasteiger partial charge is 0.179 e. The summed E-state index contributed by atoms with van der Waals surface area (Å²) in [5.74, 6) is 0. The van der Waals surface area contributed by atoms with Gasteiger partial charge in [0.2, 0.25) is 0 Å². The summed E-state index contributed by atoms with van der Waals surface area (Å²) in [6.45, 7) is 2.13. The molecule has 0 unspecified atom stereocenters. The van der Waals surface area contributed by atoms with Gasteiger partial charge in [0.15, 0.2) is 8.07 Å². The van der Waals surface area contributed by atoms with Crippen LogP contribution in [0.1, 0.15) is 5.56 Å². The predicted octanol–water partition coefficient (Wildman–Crippen LogP) is 2.16. The number of hydrogen-bond acceptors (Lipinski definition) is 2. The SMILES string of the molecule is Cc1ccc([Si](c2ccccc2)(c2ccncc2)c2ccncc2)cc1. The highest BCUT2D eigenvalue weighted by atomic mass is 28.3. The molecular formula is C23H20N2Si. The van der Waals surface area contributed by atoms with Gasteiger partial charge in [0.25, 0.3) is 0 Å². The van der Waals surface area contributed by atoms with Crippen molar-refractivity contribution >= 4 is 28.8 Å². The quantitative estimate of drug-likeness (QED) is 0.526. The van der Waals surface area contributed by atoms with Crippen LogP contribution in [-0.2, 0) is 0 Å². The van der Waals surface area contributed by atoms with E-state index in [-0.39, 0.29) is 0 Å². The van der Waals surface area contributed by atoms with E-state index in [2.05, 4.69) is 95.8 Å². The molecule has 0 aliphatic rings. The second kappa shape index (κ2) is 7.06. The lowest BCUT2D eigenvalue weighted by Crippen LogP contribution is -2.74. The van der Waals surface area contributed by atoms with Gasteiger partial charge in [-0.1, -0.05) is 60.2 Å². The summed E-state index contributed by atoms with van der Waals surface area (Å²) in [7, 11) is -2.40. The molecule has 0 N–H and O–H groups in total. The second-order valence-electron chi connectivity index (χ2n) is 6.45. The zero-order valence-electron chi connectivity index (χ0n) is 14.7. The topological polar surface area (TPSA) is 25.8 Å². The Morgan fingerprint density at radius 2 is 0.923 bits per heavy atom. The molecule has 2 heterocycles. The fraction of sp³-hybridized carbons (Fsp3) is 0.0435. The Kier molecular flexibility index (Phi) is 4.46. The minimum atomic E-state index is -2.40. The molecular weight excluding hydrogens is 332 g/mol. The molecule has 0 amide bonds. The van der Waals surface area contributed by atoms with Crippen molar-refractivity contribution in [3.05, 3.63) is 109 Å². The van der Waals surface area contributed by atoms with Gasteiger partial charge in [0, 0.05) is 24.8 Å². The average molecular weight is 353 g/mol.